The molecule has 126 valence electrons. The predicted molar refractivity (Wildman–Crippen MR) is 97.7 cm³/mol. The largest absolute Gasteiger partial charge is 0.494 e. The van der Waals surface area contributed by atoms with Gasteiger partial charge in [0.1, 0.15) is 16.7 Å². The number of pyridine rings is 1. The molecule has 3 nitrogen and oxygen atoms in total. The summed E-state index contributed by atoms with van der Waals surface area (Å²) >= 11 is 6.20. The number of carbonyl (C=O) groups excluding carboxylic acids is 1. The highest BCUT2D eigenvalue weighted by atomic mass is 35.5. The maximum atomic E-state index is 12.9. The number of aromatic nitrogens is 1. The lowest BCUT2D eigenvalue weighted by Gasteiger charge is -2.06. The molecule has 0 aliphatic heterocycles. The zero-order valence-corrected chi connectivity index (χ0v) is 14.3. The van der Waals surface area contributed by atoms with Crippen LogP contribution in [-0.4, -0.2) is 17.4 Å². The molecular formula is C20H15ClFNO2. The second kappa shape index (κ2) is 7.45. The van der Waals surface area contributed by atoms with Gasteiger partial charge in [-0.3, -0.25) is 4.79 Å². The van der Waals surface area contributed by atoms with E-state index in [2.05, 4.69) is 4.98 Å². The molecular weight excluding hydrogens is 341 g/mol. The van der Waals surface area contributed by atoms with E-state index in [0.717, 1.165) is 16.7 Å². The smallest absolute Gasteiger partial charge is 0.185 e. The molecule has 0 amide bonds. The van der Waals surface area contributed by atoms with E-state index >= 15 is 0 Å². The fraction of sp³-hybridized carbons (Fsp3) is 0.100. The molecule has 0 saturated heterocycles. The topological polar surface area (TPSA) is 39.2 Å². The minimum atomic E-state index is -0.382. The second-order valence-corrected chi connectivity index (χ2v) is 5.72. The number of hydrogen-bond donors (Lipinski definition) is 0. The Morgan fingerprint density at radius 1 is 1.20 bits per heavy atom. The summed E-state index contributed by atoms with van der Waals surface area (Å²) in [6.45, 7) is 2.49. The minimum Gasteiger partial charge on any atom is -0.494 e. The number of hydrogen-bond acceptors (Lipinski definition) is 3. The van der Waals surface area contributed by atoms with Crippen molar-refractivity contribution in [2.75, 3.05) is 6.61 Å². The average Bonchev–Trinajstić information content (AvgIpc) is 2.61. The Hall–Kier alpha value is -2.72. The first-order valence-corrected chi connectivity index (χ1v) is 8.15. The molecule has 0 aliphatic rings. The van der Waals surface area contributed by atoms with E-state index in [1.54, 1.807) is 6.08 Å². The first-order chi connectivity index (χ1) is 12.1. The molecule has 5 heteroatoms. The molecule has 1 aromatic heterocycles. The van der Waals surface area contributed by atoms with Crippen LogP contribution < -0.4 is 4.74 Å². The van der Waals surface area contributed by atoms with Crippen molar-refractivity contribution in [3.63, 3.8) is 0 Å². The first kappa shape index (κ1) is 17.1. The minimum absolute atomic E-state index is 0.237. The molecule has 0 saturated carbocycles. The van der Waals surface area contributed by atoms with Crippen LogP contribution in [0, 0.1) is 5.82 Å². The van der Waals surface area contributed by atoms with Gasteiger partial charge < -0.3 is 4.74 Å². The number of carbonyl (C=O) groups is 1. The molecule has 0 bridgehead atoms. The van der Waals surface area contributed by atoms with Crippen LogP contribution in [-0.2, 0) is 0 Å². The van der Waals surface area contributed by atoms with E-state index in [0.29, 0.717) is 22.9 Å². The summed E-state index contributed by atoms with van der Waals surface area (Å²) in [6, 6.07) is 12.8. The normalized spacial score (nSPS) is 11.2. The van der Waals surface area contributed by atoms with Crippen molar-refractivity contribution in [2.24, 2.45) is 0 Å². The maximum Gasteiger partial charge on any atom is 0.185 e. The molecule has 0 fully saturated rings. The third kappa shape index (κ3) is 4.03. The zero-order chi connectivity index (χ0) is 17.8. The fourth-order valence-corrected chi connectivity index (χ4v) is 2.61. The Morgan fingerprint density at radius 3 is 2.68 bits per heavy atom. The van der Waals surface area contributed by atoms with Crippen molar-refractivity contribution in [3.8, 4) is 5.75 Å². The van der Waals surface area contributed by atoms with Gasteiger partial charge in [-0.05, 0) is 67.6 Å². The molecule has 0 spiro atoms. The molecule has 25 heavy (non-hydrogen) atoms. The van der Waals surface area contributed by atoms with Gasteiger partial charge in [-0.1, -0.05) is 11.6 Å². The molecule has 0 N–H and O–H groups in total. The summed E-state index contributed by atoms with van der Waals surface area (Å²) in [5.41, 5.74) is 1.77. The SMILES string of the molecule is CCOc1ccc2nc(Cl)c(/C=C\C(=O)c3ccc(F)cc3)cc2c1. The summed E-state index contributed by atoms with van der Waals surface area (Å²) in [7, 11) is 0. The van der Waals surface area contributed by atoms with Crippen LogP contribution in [0.4, 0.5) is 4.39 Å². The molecule has 0 unspecified atom stereocenters. The van der Waals surface area contributed by atoms with Crippen molar-refractivity contribution in [1.82, 2.24) is 4.98 Å². The Balaban J connectivity index is 1.90. The lowest BCUT2D eigenvalue weighted by atomic mass is 10.1. The van der Waals surface area contributed by atoms with E-state index < -0.39 is 0 Å². The van der Waals surface area contributed by atoms with Crippen LogP contribution >= 0.6 is 11.6 Å². The molecule has 3 rings (SSSR count). The Labute approximate surface area is 149 Å². The lowest BCUT2D eigenvalue weighted by molar-refractivity contribution is 0.104. The van der Waals surface area contributed by atoms with E-state index in [9.17, 15) is 9.18 Å². The molecule has 1 heterocycles. The quantitative estimate of drug-likeness (QED) is 0.353. The number of nitrogens with zero attached hydrogens (tertiary/aromatic N) is 1. The number of benzene rings is 2. The fourth-order valence-electron chi connectivity index (χ4n) is 2.40. The Morgan fingerprint density at radius 2 is 1.96 bits per heavy atom. The van der Waals surface area contributed by atoms with Gasteiger partial charge in [0.05, 0.1) is 12.1 Å². The third-order valence-electron chi connectivity index (χ3n) is 3.62. The zero-order valence-electron chi connectivity index (χ0n) is 13.5. The summed E-state index contributed by atoms with van der Waals surface area (Å²) < 4.78 is 18.4. The van der Waals surface area contributed by atoms with Gasteiger partial charge in [0.25, 0.3) is 0 Å². The van der Waals surface area contributed by atoms with Crippen molar-refractivity contribution >= 4 is 34.4 Å². The van der Waals surface area contributed by atoms with Crippen molar-refractivity contribution in [3.05, 3.63) is 76.7 Å². The van der Waals surface area contributed by atoms with Gasteiger partial charge in [-0.25, -0.2) is 9.37 Å². The van der Waals surface area contributed by atoms with Gasteiger partial charge >= 0.3 is 0 Å². The van der Waals surface area contributed by atoms with Gasteiger partial charge in [-0.15, -0.1) is 0 Å². The van der Waals surface area contributed by atoms with Crippen LogP contribution in [0.1, 0.15) is 22.8 Å². The average molecular weight is 356 g/mol. The van der Waals surface area contributed by atoms with E-state index in [1.807, 2.05) is 31.2 Å². The van der Waals surface area contributed by atoms with Crippen LogP contribution in [0.3, 0.4) is 0 Å². The molecule has 0 atom stereocenters. The van der Waals surface area contributed by atoms with Crippen molar-refractivity contribution in [1.29, 1.82) is 0 Å². The van der Waals surface area contributed by atoms with Crippen LogP contribution in [0.25, 0.3) is 17.0 Å². The van der Waals surface area contributed by atoms with Crippen LogP contribution in [0.5, 0.6) is 5.75 Å². The summed E-state index contributed by atoms with van der Waals surface area (Å²) in [4.78, 5) is 16.5. The van der Waals surface area contributed by atoms with Gasteiger partial charge in [0, 0.05) is 16.5 Å². The van der Waals surface area contributed by atoms with Gasteiger partial charge in [0.2, 0.25) is 0 Å². The number of fused-ring (bicyclic) bond motifs is 1. The van der Waals surface area contributed by atoms with Gasteiger partial charge in [-0.2, -0.15) is 0 Å². The van der Waals surface area contributed by atoms with Gasteiger partial charge in [0.15, 0.2) is 5.78 Å². The first-order valence-electron chi connectivity index (χ1n) is 7.78. The monoisotopic (exact) mass is 355 g/mol. The Kier molecular flexibility index (Phi) is 5.10. The number of ether oxygens (including phenoxy) is 1. The highest BCUT2D eigenvalue weighted by Crippen LogP contribution is 2.25. The molecule has 0 aliphatic carbocycles. The van der Waals surface area contributed by atoms with Crippen LogP contribution in [0.2, 0.25) is 5.15 Å². The summed E-state index contributed by atoms with van der Waals surface area (Å²) in [6.07, 6.45) is 3.00. The van der Waals surface area contributed by atoms with Crippen LogP contribution in [0.15, 0.2) is 54.6 Å². The number of allylic oxidation sites excluding steroid dienone is 1. The summed E-state index contributed by atoms with van der Waals surface area (Å²) in [5.74, 6) is 0.128. The summed E-state index contributed by atoms with van der Waals surface area (Å²) in [5, 5.41) is 1.17. The predicted octanol–water partition coefficient (Wildman–Crippen LogP) is 5.32. The Bertz CT molecular complexity index is 952. The molecule has 0 radical (unpaired) electrons. The number of ketones is 1. The lowest BCUT2D eigenvalue weighted by Crippen LogP contribution is -1.94. The number of halogens is 2. The number of rotatable bonds is 5. The van der Waals surface area contributed by atoms with E-state index in [1.165, 1.54) is 30.3 Å². The third-order valence-corrected chi connectivity index (χ3v) is 3.92. The van der Waals surface area contributed by atoms with E-state index in [4.69, 9.17) is 16.3 Å². The maximum absolute atomic E-state index is 12.9. The second-order valence-electron chi connectivity index (χ2n) is 5.36. The highest BCUT2D eigenvalue weighted by Gasteiger charge is 2.06. The standard InChI is InChI=1S/C20H15ClFNO2/c1-2-25-17-8-9-18-15(12-17)11-14(20(21)23-18)5-10-19(24)13-3-6-16(22)7-4-13/h3-12H,2H2,1H3/b10-5-. The molecule has 3 aromatic rings. The van der Waals surface area contributed by atoms with Crippen molar-refractivity contribution in [2.45, 2.75) is 6.92 Å². The van der Waals surface area contributed by atoms with E-state index in [-0.39, 0.29) is 11.6 Å². The highest BCUT2D eigenvalue weighted by molar-refractivity contribution is 6.31. The molecule has 2 aromatic carbocycles. The van der Waals surface area contributed by atoms with Crippen molar-refractivity contribution < 1.29 is 13.9 Å².